The van der Waals surface area contributed by atoms with Gasteiger partial charge in [-0.05, 0) is 50.1 Å². The molecule has 2 atom stereocenters. The minimum Gasteiger partial charge on any atom is -0.481 e. The third-order valence-electron chi connectivity index (χ3n) is 3.95. The van der Waals surface area contributed by atoms with Gasteiger partial charge < -0.3 is 15.3 Å². The minimum absolute atomic E-state index is 0.0321. The van der Waals surface area contributed by atoms with Crippen molar-refractivity contribution in [1.29, 1.82) is 0 Å². The van der Waals surface area contributed by atoms with Gasteiger partial charge in [-0.1, -0.05) is 0 Å². The van der Waals surface area contributed by atoms with Gasteiger partial charge in [-0.3, -0.25) is 4.79 Å². The Morgan fingerprint density at radius 2 is 2.33 bits per heavy atom. The lowest BCUT2D eigenvalue weighted by Gasteiger charge is -2.31. The maximum absolute atomic E-state index is 12.4. The van der Waals surface area contributed by atoms with E-state index in [-0.39, 0.29) is 24.5 Å². The molecule has 2 N–H and O–H groups in total. The van der Waals surface area contributed by atoms with Crippen LogP contribution in [0.5, 0.6) is 0 Å². The van der Waals surface area contributed by atoms with Crippen molar-refractivity contribution >= 4 is 23.3 Å². The molecule has 6 heteroatoms. The topological polar surface area (TPSA) is 69.6 Å². The maximum atomic E-state index is 12.4. The van der Waals surface area contributed by atoms with Crippen molar-refractivity contribution in [3.63, 3.8) is 0 Å². The largest absolute Gasteiger partial charge is 0.481 e. The maximum Gasteiger partial charge on any atom is 0.318 e. The van der Waals surface area contributed by atoms with Gasteiger partial charge in [-0.25, -0.2) is 4.79 Å². The molecule has 1 aliphatic rings. The van der Waals surface area contributed by atoms with E-state index in [0.29, 0.717) is 6.54 Å². The predicted molar refractivity (Wildman–Crippen MR) is 82.6 cm³/mol. The highest BCUT2D eigenvalue weighted by molar-refractivity contribution is 7.10. The zero-order valence-corrected chi connectivity index (χ0v) is 13.3. The number of fused-ring (bicyclic) bond motifs is 1. The number of aliphatic carboxylic acids is 1. The highest BCUT2D eigenvalue weighted by atomic mass is 32.1. The predicted octanol–water partition coefficient (Wildman–Crippen LogP) is 3.02. The molecular weight excluding hydrogens is 288 g/mol. The number of amides is 2. The average molecular weight is 310 g/mol. The summed E-state index contributed by atoms with van der Waals surface area (Å²) in [6.45, 7) is 4.15. The van der Waals surface area contributed by atoms with E-state index in [1.54, 1.807) is 23.2 Å². The van der Waals surface area contributed by atoms with Crippen LogP contribution < -0.4 is 5.32 Å². The number of carboxylic acid groups (broad SMARTS) is 1. The van der Waals surface area contributed by atoms with E-state index in [2.05, 4.69) is 16.8 Å². The standard InChI is InChI=1S/C15H22N2O3S/c1-3-17(10(2)9-14(18)19)15(20)16-12-5-4-6-13-11(12)7-8-21-13/h7-8,10,12H,3-6,9H2,1-2H3,(H,16,20)(H,18,19). The van der Waals surface area contributed by atoms with Gasteiger partial charge >= 0.3 is 12.0 Å². The molecule has 0 saturated carbocycles. The van der Waals surface area contributed by atoms with E-state index >= 15 is 0 Å². The van der Waals surface area contributed by atoms with Crippen LogP contribution in [0.4, 0.5) is 4.79 Å². The lowest BCUT2D eigenvalue weighted by molar-refractivity contribution is -0.138. The number of nitrogens with one attached hydrogen (secondary N) is 1. The molecule has 1 aliphatic carbocycles. The lowest BCUT2D eigenvalue weighted by atomic mass is 9.94. The van der Waals surface area contributed by atoms with E-state index in [1.165, 1.54) is 10.4 Å². The molecule has 0 spiro atoms. The average Bonchev–Trinajstić information content (AvgIpc) is 2.88. The molecule has 0 saturated heterocycles. The second-order valence-corrected chi connectivity index (χ2v) is 6.43. The van der Waals surface area contributed by atoms with Gasteiger partial charge in [0.05, 0.1) is 12.5 Å². The number of thiophene rings is 1. The molecule has 2 amide bonds. The first-order valence-electron chi connectivity index (χ1n) is 7.38. The van der Waals surface area contributed by atoms with Crippen LogP contribution >= 0.6 is 11.3 Å². The Hall–Kier alpha value is -1.56. The molecule has 0 aliphatic heterocycles. The molecule has 2 unspecified atom stereocenters. The quantitative estimate of drug-likeness (QED) is 0.878. The number of hydrogen-bond donors (Lipinski definition) is 2. The van der Waals surface area contributed by atoms with E-state index < -0.39 is 5.97 Å². The van der Waals surface area contributed by atoms with Crippen LogP contribution in [0.2, 0.25) is 0 Å². The molecule has 0 bridgehead atoms. The number of aryl methyl sites for hydroxylation is 1. The summed E-state index contributed by atoms with van der Waals surface area (Å²) in [4.78, 5) is 26.2. The Bertz CT molecular complexity index is 515. The summed E-state index contributed by atoms with van der Waals surface area (Å²) in [6.07, 6.45) is 3.08. The van der Waals surface area contributed by atoms with Crippen molar-refractivity contribution in [3.05, 3.63) is 21.9 Å². The van der Waals surface area contributed by atoms with Crippen molar-refractivity contribution in [2.45, 2.75) is 51.6 Å². The normalized spacial score (nSPS) is 18.7. The number of carbonyl (C=O) groups excluding carboxylic acids is 1. The molecule has 21 heavy (non-hydrogen) atoms. The van der Waals surface area contributed by atoms with Crippen LogP contribution in [-0.4, -0.2) is 34.6 Å². The van der Waals surface area contributed by atoms with Crippen LogP contribution in [-0.2, 0) is 11.2 Å². The zero-order chi connectivity index (χ0) is 15.4. The summed E-state index contributed by atoms with van der Waals surface area (Å²) in [5, 5.41) is 14.0. The summed E-state index contributed by atoms with van der Waals surface area (Å²) in [6, 6.07) is 1.66. The first kappa shape index (κ1) is 15.8. The molecule has 0 radical (unpaired) electrons. The molecule has 0 fully saturated rings. The SMILES string of the molecule is CCN(C(=O)NC1CCCc2sccc21)C(C)CC(=O)O. The Morgan fingerprint density at radius 1 is 1.57 bits per heavy atom. The van der Waals surface area contributed by atoms with E-state index in [0.717, 1.165) is 19.3 Å². The number of rotatable bonds is 5. The molecular formula is C15H22N2O3S. The lowest BCUT2D eigenvalue weighted by Crippen LogP contribution is -2.47. The van der Waals surface area contributed by atoms with Gasteiger partial charge in [0.15, 0.2) is 0 Å². The van der Waals surface area contributed by atoms with Crippen molar-refractivity contribution in [3.8, 4) is 0 Å². The van der Waals surface area contributed by atoms with Crippen LogP contribution in [0.1, 0.15) is 49.6 Å². The molecule has 116 valence electrons. The Kier molecular flexibility index (Phi) is 5.22. The monoisotopic (exact) mass is 310 g/mol. The van der Waals surface area contributed by atoms with Crippen molar-refractivity contribution < 1.29 is 14.7 Å². The fourth-order valence-electron chi connectivity index (χ4n) is 2.89. The van der Waals surface area contributed by atoms with Gasteiger partial charge in [0, 0.05) is 17.5 Å². The molecule has 2 rings (SSSR count). The summed E-state index contributed by atoms with van der Waals surface area (Å²) in [5.74, 6) is -0.883. The van der Waals surface area contributed by atoms with Gasteiger partial charge in [-0.2, -0.15) is 0 Å². The van der Waals surface area contributed by atoms with E-state index in [4.69, 9.17) is 5.11 Å². The number of carbonyl (C=O) groups is 2. The fourth-order valence-corrected chi connectivity index (χ4v) is 3.87. The van der Waals surface area contributed by atoms with Gasteiger partial charge in [0.25, 0.3) is 0 Å². The first-order chi connectivity index (χ1) is 10.0. The van der Waals surface area contributed by atoms with Gasteiger partial charge in [0.1, 0.15) is 0 Å². The number of nitrogens with zero attached hydrogens (tertiary/aromatic N) is 1. The van der Waals surface area contributed by atoms with Crippen molar-refractivity contribution in [2.24, 2.45) is 0 Å². The highest BCUT2D eigenvalue weighted by Gasteiger charge is 2.26. The van der Waals surface area contributed by atoms with Crippen LogP contribution in [0.3, 0.4) is 0 Å². The fraction of sp³-hybridized carbons (Fsp3) is 0.600. The Morgan fingerprint density at radius 3 is 3.00 bits per heavy atom. The first-order valence-corrected chi connectivity index (χ1v) is 8.26. The third kappa shape index (κ3) is 3.75. The van der Waals surface area contributed by atoms with E-state index in [9.17, 15) is 9.59 Å². The molecule has 5 nitrogen and oxygen atoms in total. The summed E-state index contributed by atoms with van der Waals surface area (Å²) in [5.41, 5.74) is 1.22. The van der Waals surface area contributed by atoms with E-state index in [1.807, 2.05) is 6.92 Å². The molecule has 1 aromatic rings. The minimum atomic E-state index is -0.883. The number of carboxylic acids is 1. The summed E-state index contributed by atoms with van der Waals surface area (Å²) < 4.78 is 0. The number of hydrogen-bond acceptors (Lipinski definition) is 3. The zero-order valence-electron chi connectivity index (χ0n) is 12.5. The summed E-state index contributed by atoms with van der Waals surface area (Å²) >= 11 is 1.74. The molecule has 1 aromatic heterocycles. The second-order valence-electron chi connectivity index (χ2n) is 5.43. The Balaban J connectivity index is 2.02. The van der Waals surface area contributed by atoms with Crippen molar-refractivity contribution in [1.82, 2.24) is 10.2 Å². The molecule has 1 heterocycles. The van der Waals surface area contributed by atoms with Gasteiger partial charge in [0.2, 0.25) is 0 Å². The van der Waals surface area contributed by atoms with Crippen molar-refractivity contribution in [2.75, 3.05) is 6.54 Å². The highest BCUT2D eigenvalue weighted by Crippen LogP contribution is 2.33. The molecule has 0 aromatic carbocycles. The third-order valence-corrected chi connectivity index (χ3v) is 4.95. The summed E-state index contributed by atoms with van der Waals surface area (Å²) in [7, 11) is 0. The van der Waals surface area contributed by atoms with Crippen LogP contribution in [0, 0.1) is 0 Å². The van der Waals surface area contributed by atoms with Crippen LogP contribution in [0.25, 0.3) is 0 Å². The smallest absolute Gasteiger partial charge is 0.318 e. The Labute approximate surface area is 129 Å². The number of urea groups is 1. The van der Waals surface area contributed by atoms with Crippen LogP contribution in [0.15, 0.2) is 11.4 Å². The van der Waals surface area contributed by atoms with Gasteiger partial charge in [-0.15, -0.1) is 11.3 Å². The second kappa shape index (κ2) is 6.93.